The Morgan fingerprint density at radius 3 is 2.70 bits per heavy atom. The van der Waals surface area contributed by atoms with Gasteiger partial charge in [0.05, 0.1) is 18.4 Å². The van der Waals surface area contributed by atoms with Crippen LogP contribution >= 0.6 is 0 Å². The van der Waals surface area contributed by atoms with E-state index in [2.05, 4.69) is 0 Å². The third kappa shape index (κ3) is 3.73. The Kier molecular flexibility index (Phi) is 4.99. The number of para-hydroxylation sites is 1. The molecule has 6 nitrogen and oxygen atoms in total. The third-order valence-corrected chi connectivity index (χ3v) is 6.31. The fraction of sp³-hybridized carbons (Fsp3) is 0.562. The van der Waals surface area contributed by atoms with Crippen molar-refractivity contribution in [1.29, 1.82) is 0 Å². The molecule has 1 atom stereocenters. The summed E-state index contributed by atoms with van der Waals surface area (Å²) in [5.41, 5.74) is 0.845. The number of amides is 1. The maximum atomic E-state index is 12.7. The van der Waals surface area contributed by atoms with Crippen molar-refractivity contribution in [1.82, 2.24) is 4.31 Å². The number of hydrogen-bond acceptors (Lipinski definition) is 4. The van der Waals surface area contributed by atoms with Crippen molar-refractivity contribution in [3.8, 4) is 0 Å². The lowest BCUT2D eigenvalue weighted by Gasteiger charge is -2.29. The van der Waals surface area contributed by atoms with Gasteiger partial charge in [0.25, 0.3) is 0 Å². The Morgan fingerprint density at radius 2 is 2.09 bits per heavy atom. The Bertz CT molecular complexity index is 641. The van der Waals surface area contributed by atoms with E-state index < -0.39 is 10.0 Å². The summed E-state index contributed by atoms with van der Waals surface area (Å²) in [6.07, 6.45) is 1.66. The zero-order chi connectivity index (χ0) is 16.3. The third-order valence-electron chi connectivity index (χ3n) is 4.35. The van der Waals surface area contributed by atoms with E-state index in [0.29, 0.717) is 26.2 Å². The summed E-state index contributed by atoms with van der Waals surface area (Å²) in [5.74, 6) is 0.147. The lowest BCUT2D eigenvalue weighted by molar-refractivity contribution is -0.119. The molecule has 0 aliphatic carbocycles. The first kappa shape index (κ1) is 16.4. The maximum absolute atomic E-state index is 12.7. The van der Waals surface area contributed by atoms with E-state index in [4.69, 9.17) is 4.74 Å². The van der Waals surface area contributed by atoms with Crippen LogP contribution in [-0.2, 0) is 19.6 Å². The van der Waals surface area contributed by atoms with Gasteiger partial charge in [-0.25, -0.2) is 12.7 Å². The van der Waals surface area contributed by atoms with Crippen LogP contribution < -0.4 is 4.90 Å². The minimum Gasteiger partial charge on any atom is -0.379 e. The Hall–Kier alpha value is -1.44. The van der Waals surface area contributed by atoms with Gasteiger partial charge in [-0.15, -0.1) is 0 Å². The van der Waals surface area contributed by atoms with Gasteiger partial charge in [-0.1, -0.05) is 18.2 Å². The fourth-order valence-electron chi connectivity index (χ4n) is 3.16. The zero-order valence-electron chi connectivity index (χ0n) is 13.1. The number of sulfonamides is 1. The lowest BCUT2D eigenvalue weighted by Crippen LogP contribution is -2.42. The topological polar surface area (TPSA) is 66.9 Å². The molecule has 2 aliphatic heterocycles. The number of benzene rings is 1. The number of anilines is 1. The number of ether oxygens (including phenoxy) is 1. The van der Waals surface area contributed by atoms with Crippen molar-refractivity contribution in [3.05, 3.63) is 30.3 Å². The van der Waals surface area contributed by atoms with Crippen LogP contribution in [-0.4, -0.2) is 56.7 Å². The maximum Gasteiger partial charge on any atom is 0.228 e. The van der Waals surface area contributed by atoms with Crippen LogP contribution in [0.2, 0.25) is 0 Å². The quantitative estimate of drug-likeness (QED) is 0.810. The second kappa shape index (κ2) is 6.98. The molecule has 1 unspecified atom stereocenters. The number of carbonyl (C=O) groups is 1. The fourth-order valence-corrected chi connectivity index (χ4v) is 4.68. The standard InChI is InChI=1S/C16H22N2O4S/c19-16(7-10-17-9-4-12-23(17,20)21)18(15-8-11-22-13-15)14-5-2-1-3-6-14/h1-3,5-6,15H,4,7-13H2. The largest absolute Gasteiger partial charge is 0.379 e. The summed E-state index contributed by atoms with van der Waals surface area (Å²) in [6.45, 7) is 1.97. The van der Waals surface area contributed by atoms with Gasteiger partial charge in [0, 0.05) is 31.8 Å². The van der Waals surface area contributed by atoms with E-state index in [1.54, 1.807) is 4.90 Å². The normalized spacial score (nSPS) is 23.9. The van der Waals surface area contributed by atoms with Crippen LogP contribution in [0.25, 0.3) is 0 Å². The molecule has 0 aromatic heterocycles. The monoisotopic (exact) mass is 338 g/mol. The number of nitrogens with zero attached hydrogens (tertiary/aromatic N) is 2. The van der Waals surface area contributed by atoms with Gasteiger partial charge in [-0.05, 0) is 25.0 Å². The predicted octanol–water partition coefficient (Wildman–Crippen LogP) is 1.23. The molecular formula is C16H22N2O4S. The van der Waals surface area contributed by atoms with Crippen LogP contribution in [0.15, 0.2) is 30.3 Å². The van der Waals surface area contributed by atoms with E-state index in [9.17, 15) is 13.2 Å². The van der Waals surface area contributed by atoms with Crippen LogP contribution in [0.1, 0.15) is 19.3 Å². The molecule has 2 aliphatic rings. The Morgan fingerprint density at radius 1 is 1.30 bits per heavy atom. The van der Waals surface area contributed by atoms with E-state index in [0.717, 1.165) is 12.1 Å². The molecule has 0 spiro atoms. The van der Waals surface area contributed by atoms with Crippen molar-refractivity contribution in [3.63, 3.8) is 0 Å². The molecule has 23 heavy (non-hydrogen) atoms. The van der Waals surface area contributed by atoms with Crippen molar-refractivity contribution in [2.24, 2.45) is 0 Å². The second-order valence-corrected chi connectivity index (χ2v) is 8.02. The summed E-state index contributed by atoms with van der Waals surface area (Å²) in [4.78, 5) is 14.5. The van der Waals surface area contributed by atoms with Crippen molar-refractivity contribution in [2.75, 3.05) is 37.0 Å². The highest BCUT2D eigenvalue weighted by molar-refractivity contribution is 7.89. The molecule has 0 N–H and O–H groups in total. The molecule has 1 aromatic rings. The smallest absolute Gasteiger partial charge is 0.228 e. The molecule has 2 saturated heterocycles. The van der Waals surface area contributed by atoms with Crippen LogP contribution in [0.4, 0.5) is 5.69 Å². The van der Waals surface area contributed by atoms with Gasteiger partial charge in [0.2, 0.25) is 15.9 Å². The summed E-state index contributed by atoms with van der Waals surface area (Å²) in [6, 6.07) is 9.55. The first-order chi connectivity index (χ1) is 11.1. The van der Waals surface area contributed by atoms with Crippen LogP contribution in [0.5, 0.6) is 0 Å². The van der Waals surface area contributed by atoms with Gasteiger partial charge < -0.3 is 9.64 Å². The molecule has 1 amide bonds. The van der Waals surface area contributed by atoms with Crippen LogP contribution in [0.3, 0.4) is 0 Å². The van der Waals surface area contributed by atoms with Gasteiger partial charge in [-0.2, -0.15) is 0 Å². The lowest BCUT2D eigenvalue weighted by atomic mass is 10.1. The molecule has 2 heterocycles. The summed E-state index contributed by atoms with van der Waals surface area (Å²) >= 11 is 0. The summed E-state index contributed by atoms with van der Waals surface area (Å²) < 4.78 is 30.6. The van der Waals surface area contributed by atoms with Gasteiger partial charge in [0.1, 0.15) is 0 Å². The minimum absolute atomic E-state index is 0.0279. The van der Waals surface area contributed by atoms with Gasteiger partial charge >= 0.3 is 0 Å². The molecule has 2 fully saturated rings. The highest BCUT2D eigenvalue weighted by Gasteiger charge is 2.31. The van der Waals surface area contributed by atoms with Crippen LogP contribution in [0, 0.1) is 0 Å². The molecule has 1 aromatic carbocycles. The van der Waals surface area contributed by atoms with Crippen molar-refractivity contribution in [2.45, 2.75) is 25.3 Å². The van der Waals surface area contributed by atoms with E-state index in [-0.39, 0.29) is 30.7 Å². The van der Waals surface area contributed by atoms with Crippen molar-refractivity contribution >= 4 is 21.6 Å². The predicted molar refractivity (Wildman–Crippen MR) is 87.7 cm³/mol. The summed E-state index contributed by atoms with van der Waals surface area (Å²) in [7, 11) is -3.15. The number of carbonyl (C=O) groups excluding carboxylic acids is 1. The Balaban J connectivity index is 1.70. The molecule has 3 rings (SSSR count). The van der Waals surface area contributed by atoms with E-state index in [1.165, 1.54) is 4.31 Å². The van der Waals surface area contributed by atoms with E-state index in [1.807, 2.05) is 30.3 Å². The van der Waals surface area contributed by atoms with E-state index >= 15 is 0 Å². The minimum atomic E-state index is -3.15. The first-order valence-electron chi connectivity index (χ1n) is 8.00. The Labute approximate surface area is 137 Å². The average Bonchev–Trinajstić information content (AvgIpc) is 3.16. The highest BCUT2D eigenvalue weighted by Crippen LogP contribution is 2.23. The number of rotatable bonds is 5. The molecule has 7 heteroatoms. The molecular weight excluding hydrogens is 316 g/mol. The average molecular weight is 338 g/mol. The second-order valence-electron chi connectivity index (χ2n) is 5.94. The van der Waals surface area contributed by atoms with Crippen molar-refractivity contribution < 1.29 is 17.9 Å². The molecule has 0 bridgehead atoms. The SMILES string of the molecule is O=C(CCN1CCCS1(=O)=O)N(c1ccccc1)C1CCOC1. The summed E-state index contributed by atoms with van der Waals surface area (Å²) in [5, 5.41) is 0. The van der Waals surface area contributed by atoms with Gasteiger partial charge in [0.15, 0.2) is 0 Å². The zero-order valence-corrected chi connectivity index (χ0v) is 13.9. The molecule has 0 saturated carbocycles. The molecule has 126 valence electrons. The highest BCUT2D eigenvalue weighted by atomic mass is 32.2. The van der Waals surface area contributed by atoms with Gasteiger partial charge in [-0.3, -0.25) is 4.79 Å². The molecule has 0 radical (unpaired) electrons. The number of hydrogen-bond donors (Lipinski definition) is 0. The first-order valence-corrected chi connectivity index (χ1v) is 9.61.